The van der Waals surface area contributed by atoms with Crippen molar-refractivity contribution in [1.82, 2.24) is 4.90 Å². The fourth-order valence-corrected chi connectivity index (χ4v) is 3.91. The fourth-order valence-electron chi connectivity index (χ4n) is 2.32. The van der Waals surface area contributed by atoms with E-state index >= 15 is 0 Å². The summed E-state index contributed by atoms with van der Waals surface area (Å²) in [5.41, 5.74) is 5.71. The first-order chi connectivity index (χ1) is 8.31. The van der Waals surface area contributed by atoms with Crippen LogP contribution >= 0.6 is 0 Å². The molecule has 0 radical (unpaired) electrons. The summed E-state index contributed by atoms with van der Waals surface area (Å²) in [6.45, 7) is 5.95. The first kappa shape index (κ1) is 15.9. The van der Waals surface area contributed by atoms with E-state index < -0.39 is 9.84 Å². The summed E-state index contributed by atoms with van der Waals surface area (Å²) in [6.07, 6.45) is 1.48. The summed E-state index contributed by atoms with van der Waals surface area (Å²) < 4.78 is 28.5. The highest BCUT2D eigenvalue weighted by Crippen LogP contribution is 2.28. The molecule has 1 aliphatic heterocycles. The van der Waals surface area contributed by atoms with Crippen LogP contribution in [-0.4, -0.2) is 63.2 Å². The predicted octanol–water partition coefficient (Wildman–Crippen LogP) is 0.249. The summed E-state index contributed by atoms with van der Waals surface area (Å²) in [6, 6.07) is 0. The lowest BCUT2D eigenvalue weighted by Gasteiger charge is -2.43. The highest BCUT2D eigenvalue weighted by Gasteiger charge is 2.39. The van der Waals surface area contributed by atoms with Gasteiger partial charge in [0.05, 0.1) is 24.2 Å². The van der Waals surface area contributed by atoms with Gasteiger partial charge in [0.25, 0.3) is 0 Å². The number of nitrogens with zero attached hydrogens (tertiary/aromatic N) is 1. The van der Waals surface area contributed by atoms with Crippen molar-refractivity contribution in [2.24, 2.45) is 5.73 Å². The molecule has 108 valence electrons. The minimum Gasteiger partial charge on any atom is -0.377 e. The average molecular weight is 278 g/mol. The first-order valence-corrected chi connectivity index (χ1v) is 8.37. The number of ether oxygens (including phenoxy) is 1. The quantitative estimate of drug-likeness (QED) is 0.754. The standard InChI is InChI=1S/C12H26N2O3S/c1-11(2)17-7-6-14(3)12(10-13)4-8-18(15,16)9-5-12/h11H,4-10,13H2,1-3H3. The Kier molecular flexibility index (Phi) is 5.58. The van der Waals surface area contributed by atoms with Gasteiger partial charge in [0.15, 0.2) is 0 Å². The fraction of sp³-hybridized carbons (Fsp3) is 1.00. The molecule has 0 unspecified atom stereocenters. The molecule has 0 aromatic carbocycles. The van der Waals surface area contributed by atoms with Crippen molar-refractivity contribution in [3.63, 3.8) is 0 Å². The van der Waals surface area contributed by atoms with Gasteiger partial charge in [0, 0.05) is 18.6 Å². The Balaban J connectivity index is 2.54. The number of hydrogen-bond donors (Lipinski definition) is 1. The van der Waals surface area contributed by atoms with Crippen LogP contribution in [0.25, 0.3) is 0 Å². The monoisotopic (exact) mass is 278 g/mol. The molecular formula is C12H26N2O3S. The van der Waals surface area contributed by atoms with E-state index in [2.05, 4.69) is 4.90 Å². The zero-order valence-corrected chi connectivity index (χ0v) is 12.5. The molecule has 1 aliphatic rings. The Hall–Kier alpha value is -0.170. The molecule has 0 amide bonds. The lowest BCUT2D eigenvalue weighted by atomic mass is 9.90. The van der Waals surface area contributed by atoms with Gasteiger partial charge in [-0.3, -0.25) is 4.90 Å². The van der Waals surface area contributed by atoms with Crippen molar-refractivity contribution in [3.8, 4) is 0 Å². The van der Waals surface area contributed by atoms with Crippen LogP contribution < -0.4 is 5.73 Å². The molecular weight excluding hydrogens is 252 g/mol. The largest absolute Gasteiger partial charge is 0.377 e. The van der Waals surface area contributed by atoms with E-state index in [0.717, 1.165) is 6.54 Å². The molecule has 1 rings (SSSR count). The summed E-state index contributed by atoms with van der Waals surface area (Å²) in [5.74, 6) is 0.499. The second kappa shape index (κ2) is 6.32. The molecule has 0 aromatic heterocycles. The van der Waals surface area contributed by atoms with Crippen molar-refractivity contribution in [1.29, 1.82) is 0 Å². The van der Waals surface area contributed by atoms with Crippen LogP contribution in [0.4, 0.5) is 0 Å². The predicted molar refractivity (Wildman–Crippen MR) is 73.4 cm³/mol. The van der Waals surface area contributed by atoms with Gasteiger partial charge in [-0.1, -0.05) is 0 Å². The molecule has 0 bridgehead atoms. The maximum Gasteiger partial charge on any atom is 0.150 e. The van der Waals surface area contributed by atoms with Crippen molar-refractivity contribution < 1.29 is 13.2 Å². The second-order valence-electron chi connectivity index (χ2n) is 5.42. The minimum atomic E-state index is -2.84. The van der Waals surface area contributed by atoms with Crippen LogP contribution in [0.15, 0.2) is 0 Å². The molecule has 18 heavy (non-hydrogen) atoms. The van der Waals surface area contributed by atoms with E-state index in [1.54, 1.807) is 0 Å². The Morgan fingerprint density at radius 2 is 1.89 bits per heavy atom. The normalized spacial score (nSPS) is 22.6. The van der Waals surface area contributed by atoms with E-state index in [1.807, 2.05) is 20.9 Å². The van der Waals surface area contributed by atoms with E-state index in [9.17, 15) is 8.42 Å². The Morgan fingerprint density at radius 1 is 1.33 bits per heavy atom. The Bertz CT molecular complexity index is 340. The molecule has 0 aliphatic carbocycles. The van der Waals surface area contributed by atoms with Crippen LogP contribution in [0.2, 0.25) is 0 Å². The van der Waals surface area contributed by atoms with Crippen molar-refractivity contribution in [3.05, 3.63) is 0 Å². The number of rotatable bonds is 6. The molecule has 1 heterocycles. The van der Waals surface area contributed by atoms with Gasteiger partial charge >= 0.3 is 0 Å². The van der Waals surface area contributed by atoms with E-state index in [1.165, 1.54) is 0 Å². The average Bonchev–Trinajstić information content (AvgIpc) is 2.29. The van der Waals surface area contributed by atoms with Crippen molar-refractivity contribution in [2.75, 3.05) is 38.2 Å². The molecule has 1 saturated heterocycles. The SMILES string of the molecule is CC(C)OCCN(C)C1(CN)CCS(=O)(=O)CC1. The van der Waals surface area contributed by atoms with Crippen LogP contribution in [0, 0.1) is 0 Å². The number of likely N-dealkylation sites (N-methyl/N-ethyl adjacent to an activating group) is 1. The van der Waals surface area contributed by atoms with E-state index in [-0.39, 0.29) is 23.1 Å². The third-order valence-corrected chi connectivity index (χ3v) is 5.48. The van der Waals surface area contributed by atoms with Gasteiger partial charge in [0.1, 0.15) is 9.84 Å². The maximum atomic E-state index is 11.5. The van der Waals surface area contributed by atoms with Gasteiger partial charge < -0.3 is 10.5 Å². The summed E-state index contributed by atoms with van der Waals surface area (Å²) >= 11 is 0. The zero-order chi connectivity index (χ0) is 13.8. The molecule has 0 aromatic rings. The Morgan fingerprint density at radius 3 is 2.33 bits per heavy atom. The molecule has 0 atom stereocenters. The van der Waals surface area contributed by atoms with Crippen LogP contribution in [0.3, 0.4) is 0 Å². The first-order valence-electron chi connectivity index (χ1n) is 6.55. The summed E-state index contributed by atoms with van der Waals surface area (Å²) in [5, 5.41) is 0. The molecule has 5 nitrogen and oxygen atoms in total. The number of hydrogen-bond acceptors (Lipinski definition) is 5. The maximum absolute atomic E-state index is 11.5. The second-order valence-corrected chi connectivity index (χ2v) is 7.73. The minimum absolute atomic E-state index is 0.175. The highest BCUT2D eigenvalue weighted by atomic mass is 32.2. The third kappa shape index (κ3) is 4.19. The van der Waals surface area contributed by atoms with Crippen LogP contribution in [0.1, 0.15) is 26.7 Å². The molecule has 0 spiro atoms. The lowest BCUT2D eigenvalue weighted by Crippen LogP contribution is -2.57. The highest BCUT2D eigenvalue weighted by molar-refractivity contribution is 7.91. The van der Waals surface area contributed by atoms with Gasteiger partial charge in [-0.05, 0) is 33.7 Å². The number of sulfone groups is 1. The zero-order valence-electron chi connectivity index (χ0n) is 11.7. The van der Waals surface area contributed by atoms with Gasteiger partial charge in [-0.2, -0.15) is 0 Å². The summed E-state index contributed by atoms with van der Waals surface area (Å²) in [4.78, 5) is 2.17. The molecule has 6 heteroatoms. The topological polar surface area (TPSA) is 72.6 Å². The van der Waals surface area contributed by atoms with E-state index in [0.29, 0.717) is 26.0 Å². The molecule has 0 saturated carbocycles. The van der Waals surface area contributed by atoms with Crippen LogP contribution in [0.5, 0.6) is 0 Å². The molecule has 1 fully saturated rings. The van der Waals surface area contributed by atoms with Gasteiger partial charge in [0.2, 0.25) is 0 Å². The summed E-state index contributed by atoms with van der Waals surface area (Å²) in [7, 11) is -0.836. The van der Waals surface area contributed by atoms with Crippen molar-refractivity contribution >= 4 is 9.84 Å². The van der Waals surface area contributed by atoms with Gasteiger partial charge in [-0.15, -0.1) is 0 Å². The van der Waals surface area contributed by atoms with E-state index in [4.69, 9.17) is 10.5 Å². The third-order valence-electron chi connectivity index (χ3n) is 3.82. The lowest BCUT2D eigenvalue weighted by molar-refractivity contribution is 0.0315. The van der Waals surface area contributed by atoms with Crippen LogP contribution in [-0.2, 0) is 14.6 Å². The Labute approximate surface area is 111 Å². The number of nitrogens with two attached hydrogens (primary N) is 1. The van der Waals surface area contributed by atoms with Gasteiger partial charge in [-0.25, -0.2) is 8.42 Å². The van der Waals surface area contributed by atoms with Crippen molar-refractivity contribution in [2.45, 2.75) is 38.3 Å². The molecule has 2 N–H and O–H groups in total. The smallest absolute Gasteiger partial charge is 0.150 e.